The smallest absolute Gasteiger partial charge is 0.339 e. The van der Waals surface area contributed by atoms with Crippen molar-refractivity contribution in [3.8, 4) is 0 Å². The third kappa shape index (κ3) is 3.67. The van der Waals surface area contributed by atoms with Crippen LogP contribution in [0.5, 0.6) is 0 Å². The second-order valence-electron chi connectivity index (χ2n) is 7.97. The average Bonchev–Trinajstić information content (AvgIpc) is 2.99. The lowest BCUT2D eigenvalue weighted by Crippen LogP contribution is -2.43. The predicted octanol–water partition coefficient (Wildman–Crippen LogP) is 6.35. The van der Waals surface area contributed by atoms with Gasteiger partial charge in [-0.15, -0.1) is 0 Å². The van der Waals surface area contributed by atoms with Gasteiger partial charge in [-0.25, -0.2) is 0 Å². The average molecular weight is 432 g/mol. The first kappa shape index (κ1) is 20.7. The van der Waals surface area contributed by atoms with Crippen LogP contribution in [0.3, 0.4) is 0 Å². The Morgan fingerprint density at radius 2 is 1.80 bits per heavy atom. The lowest BCUT2D eigenvalue weighted by molar-refractivity contribution is -0.137. The Kier molecular flexibility index (Phi) is 5.27. The van der Waals surface area contributed by atoms with E-state index in [1.165, 1.54) is 30.4 Å². The van der Waals surface area contributed by atoms with Gasteiger partial charge in [-0.05, 0) is 59.7 Å². The molecule has 1 aliphatic heterocycles. The van der Waals surface area contributed by atoms with E-state index in [2.05, 4.69) is 6.58 Å². The summed E-state index contributed by atoms with van der Waals surface area (Å²) < 4.78 is 39.4. The molecule has 0 N–H and O–H groups in total. The van der Waals surface area contributed by atoms with Gasteiger partial charge in [0.25, 0.3) is 0 Å². The number of halogens is 4. The standard InChI is InChI=1S/C24H21ClF3NO/c1-16-15-23(22-18(16)6-4-8-20(22)25)11-13-29(14-12-23)21(30)10-9-17-5-2-3-7-19(17)24(26,27)28/h2-10H,1,11-15H2/b10-9+. The Morgan fingerprint density at radius 3 is 2.50 bits per heavy atom. The summed E-state index contributed by atoms with van der Waals surface area (Å²) >= 11 is 6.50. The molecule has 30 heavy (non-hydrogen) atoms. The molecule has 1 aliphatic carbocycles. The van der Waals surface area contributed by atoms with Crippen molar-refractivity contribution in [3.63, 3.8) is 0 Å². The highest BCUT2D eigenvalue weighted by Crippen LogP contribution is 2.53. The number of alkyl halides is 3. The SMILES string of the molecule is C=C1CC2(CCN(C(=O)/C=C/c3ccccc3C(F)(F)F)CC2)c2c(Cl)cccc21. The summed E-state index contributed by atoms with van der Waals surface area (Å²) in [4.78, 5) is 14.3. The van der Waals surface area contributed by atoms with Gasteiger partial charge < -0.3 is 4.90 Å². The molecule has 2 aliphatic rings. The monoisotopic (exact) mass is 431 g/mol. The van der Waals surface area contributed by atoms with Gasteiger partial charge in [0.1, 0.15) is 0 Å². The molecule has 1 amide bonds. The molecule has 0 saturated carbocycles. The van der Waals surface area contributed by atoms with Crippen molar-refractivity contribution in [2.24, 2.45) is 0 Å². The second-order valence-corrected chi connectivity index (χ2v) is 8.37. The maximum atomic E-state index is 13.1. The lowest BCUT2D eigenvalue weighted by atomic mass is 9.73. The molecule has 4 rings (SSSR count). The van der Waals surface area contributed by atoms with Gasteiger partial charge in [-0.2, -0.15) is 13.2 Å². The van der Waals surface area contributed by atoms with Crippen LogP contribution in [0.1, 0.15) is 41.5 Å². The molecule has 156 valence electrons. The third-order valence-electron chi connectivity index (χ3n) is 6.18. The van der Waals surface area contributed by atoms with Gasteiger partial charge >= 0.3 is 6.18 Å². The predicted molar refractivity (Wildman–Crippen MR) is 113 cm³/mol. The first-order chi connectivity index (χ1) is 14.2. The van der Waals surface area contributed by atoms with E-state index in [0.717, 1.165) is 47.1 Å². The Balaban J connectivity index is 1.48. The molecule has 0 radical (unpaired) electrons. The molecule has 0 atom stereocenters. The number of hydrogen-bond donors (Lipinski definition) is 0. The number of rotatable bonds is 2. The summed E-state index contributed by atoms with van der Waals surface area (Å²) in [5.41, 5.74) is 2.41. The maximum absolute atomic E-state index is 13.1. The van der Waals surface area contributed by atoms with Crippen LogP contribution in [0.25, 0.3) is 11.6 Å². The summed E-state index contributed by atoms with van der Waals surface area (Å²) in [5, 5.41) is 0.731. The van der Waals surface area contributed by atoms with E-state index < -0.39 is 11.7 Å². The Morgan fingerprint density at radius 1 is 1.10 bits per heavy atom. The zero-order chi connectivity index (χ0) is 21.5. The fourth-order valence-corrected chi connectivity index (χ4v) is 5.07. The van der Waals surface area contributed by atoms with Crippen molar-refractivity contribution in [3.05, 3.63) is 82.4 Å². The molecule has 2 nitrogen and oxygen atoms in total. The van der Waals surface area contributed by atoms with Crippen molar-refractivity contribution < 1.29 is 18.0 Å². The van der Waals surface area contributed by atoms with E-state index in [1.807, 2.05) is 18.2 Å². The molecular formula is C24H21ClF3NO. The van der Waals surface area contributed by atoms with Crippen molar-refractivity contribution in [1.29, 1.82) is 0 Å². The Labute approximate surface area is 178 Å². The number of hydrogen-bond acceptors (Lipinski definition) is 1. The highest BCUT2D eigenvalue weighted by atomic mass is 35.5. The second kappa shape index (κ2) is 7.62. The van der Waals surface area contributed by atoms with E-state index in [4.69, 9.17) is 11.6 Å². The molecule has 1 spiro atoms. The van der Waals surface area contributed by atoms with Crippen LogP contribution in [-0.4, -0.2) is 23.9 Å². The molecule has 0 bridgehead atoms. The highest BCUT2D eigenvalue weighted by molar-refractivity contribution is 6.32. The number of nitrogens with zero attached hydrogens (tertiary/aromatic N) is 1. The number of piperidine rings is 1. The van der Waals surface area contributed by atoms with Crippen LogP contribution in [0.2, 0.25) is 5.02 Å². The zero-order valence-electron chi connectivity index (χ0n) is 16.3. The third-order valence-corrected chi connectivity index (χ3v) is 6.50. The number of fused-ring (bicyclic) bond motifs is 2. The van der Waals surface area contributed by atoms with E-state index in [0.29, 0.717) is 13.1 Å². The molecule has 2 aromatic rings. The quantitative estimate of drug-likeness (QED) is 0.507. The van der Waals surface area contributed by atoms with Gasteiger partial charge in [0.2, 0.25) is 5.91 Å². The number of allylic oxidation sites excluding steroid dienone is 1. The van der Waals surface area contributed by atoms with Crippen LogP contribution in [0, 0.1) is 0 Å². The summed E-state index contributed by atoms with van der Waals surface area (Å²) in [6.07, 6.45) is 0.348. The van der Waals surface area contributed by atoms with Gasteiger partial charge in [-0.1, -0.05) is 48.5 Å². The largest absolute Gasteiger partial charge is 0.416 e. The van der Waals surface area contributed by atoms with Crippen LogP contribution in [-0.2, 0) is 16.4 Å². The van der Waals surface area contributed by atoms with Crippen molar-refractivity contribution in [2.75, 3.05) is 13.1 Å². The van der Waals surface area contributed by atoms with Crippen LogP contribution < -0.4 is 0 Å². The number of amides is 1. The van der Waals surface area contributed by atoms with Crippen LogP contribution in [0.15, 0.2) is 55.1 Å². The minimum absolute atomic E-state index is 0.0142. The number of carbonyl (C=O) groups is 1. The summed E-state index contributed by atoms with van der Waals surface area (Å²) in [5.74, 6) is -0.280. The molecule has 1 saturated heterocycles. The molecule has 0 unspecified atom stereocenters. The van der Waals surface area contributed by atoms with Crippen molar-refractivity contribution >= 4 is 29.2 Å². The summed E-state index contributed by atoms with van der Waals surface area (Å²) in [6, 6.07) is 11.1. The van der Waals surface area contributed by atoms with Crippen LogP contribution >= 0.6 is 11.6 Å². The van der Waals surface area contributed by atoms with E-state index in [9.17, 15) is 18.0 Å². The minimum atomic E-state index is -4.46. The highest BCUT2D eigenvalue weighted by Gasteiger charge is 2.44. The van der Waals surface area contributed by atoms with E-state index in [-0.39, 0.29) is 16.9 Å². The molecule has 1 heterocycles. The topological polar surface area (TPSA) is 20.3 Å². The van der Waals surface area contributed by atoms with Crippen LogP contribution in [0.4, 0.5) is 13.2 Å². The summed E-state index contributed by atoms with van der Waals surface area (Å²) in [6.45, 7) is 5.25. The molecule has 6 heteroatoms. The molecular weight excluding hydrogens is 411 g/mol. The van der Waals surface area contributed by atoms with Crippen molar-refractivity contribution in [2.45, 2.75) is 30.9 Å². The fourth-order valence-electron chi connectivity index (χ4n) is 4.70. The van der Waals surface area contributed by atoms with Crippen molar-refractivity contribution in [1.82, 2.24) is 4.90 Å². The molecule has 0 aromatic heterocycles. The first-order valence-corrected chi connectivity index (χ1v) is 10.2. The van der Waals surface area contributed by atoms with Gasteiger partial charge in [0, 0.05) is 29.6 Å². The number of carbonyl (C=O) groups excluding carboxylic acids is 1. The zero-order valence-corrected chi connectivity index (χ0v) is 17.1. The van der Waals surface area contributed by atoms with E-state index in [1.54, 1.807) is 4.90 Å². The maximum Gasteiger partial charge on any atom is 0.416 e. The summed E-state index contributed by atoms with van der Waals surface area (Å²) in [7, 11) is 0. The first-order valence-electron chi connectivity index (χ1n) is 9.82. The lowest BCUT2D eigenvalue weighted by Gasteiger charge is -2.40. The molecule has 2 aromatic carbocycles. The Hall–Kier alpha value is -2.53. The Bertz CT molecular complexity index is 1030. The van der Waals surface area contributed by atoms with Gasteiger partial charge in [0.05, 0.1) is 5.56 Å². The number of benzene rings is 2. The minimum Gasteiger partial charge on any atom is -0.339 e. The van der Waals surface area contributed by atoms with E-state index >= 15 is 0 Å². The number of likely N-dealkylation sites (tertiary alicyclic amines) is 1. The fraction of sp³-hybridized carbons (Fsp3) is 0.292. The molecule has 1 fully saturated rings. The normalized spacial score (nSPS) is 18.3. The van der Waals surface area contributed by atoms with Gasteiger partial charge in [0.15, 0.2) is 0 Å². The van der Waals surface area contributed by atoms with Gasteiger partial charge in [-0.3, -0.25) is 4.79 Å².